The van der Waals surface area contributed by atoms with Crippen molar-refractivity contribution in [2.75, 3.05) is 0 Å². The van der Waals surface area contributed by atoms with Crippen LogP contribution >= 0.6 is 11.6 Å². The molecule has 1 aliphatic carbocycles. The highest BCUT2D eigenvalue weighted by atomic mass is 35.5. The van der Waals surface area contributed by atoms with Crippen molar-refractivity contribution in [2.45, 2.75) is 20.8 Å². The SMILES string of the molecule is C/C(Cl)=C/[C@@H]1[C@H](C(=O)O)C1(C)C. The molecule has 0 radical (unpaired) electrons. The molecule has 1 aliphatic rings. The third-order valence-electron chi connectivity index (χ3n) is 2.59. The van der Waals surface area contributed by atoms with Crippen molar-refractivity contribution in [3.8, 4) is 0 Å². The van der Waals surface area contributed by atoms with Crippen LogP contribution in [0.5, 0.6) is 0 Å². The molecule has 0 aromatic rings. The molecule has 0 aromatic carbocycles. The molecule has 2 atom stereocenters. The van der Waals surface area contributed by atoms with Gasteiger partial charge >= 0.3 is 5.97 Å². The zero-order valence-corrected chi connectivity index (χ0v) is 8.22. The number of carboxylic acid groups (broad SMARTS) is 1. The fourth-order valence-electron chi connectivity index (χ4n) is 1.71. The van der Waals surface area contributed by atoms with E-state index in [-0.39, 0.29) is 17.3 Å². The molecule has 2 nitrogen and oxygen atoms in total. The van der Waals surface area contributed by atoms with Gasteiger partial charge in [-0.25, -0.2) is 0 Å². The topological polar surface area (TPSA) is 37.3 Å². The summed E-state index contributed by atoms with van der Waals surface area (Å²) in [5, 5.41) is 9.48. The van der Waals surface area contributed by atoms with Gasteiger partial charge in [-0.05, 0) is 18.3 Å². The van der Waals surface area contributed by atoms with E-state index in [9.17, 15) is 4.79 Å². The van der Waals surface area contributed by atoms with Gasteiger partial charge in [0, 0.05) is 5.03 Å². The lowest BCUT2D eigenvalue weighted by Gasteiger charge is -1.96. The van der Waals surface area contributed by atoms with Crippen molar-refractivity contribution < 1.29 is 9.90 Å². The summed E-state index contributed by atoms with van der Waals surface area (Å²) >= 11 is 5.68. The van der Waals surface area contributed by atoms with E-state index in [2.05, 4.69) is 0 Å². The van der Waals surface area contributed by atoms with Gasteiger partial charge in [0.1, 0.15) is 0 Å². The number of rotatable bonds is 2. The lowest BCUT2D eigenvalue weighted by molar-refractivity contribution is -0.139. The highest BCUT2D eigenvalue weighted by molar-refractivity contribution is 6.29. The number of hydrogen-bond acceptors (Lipinski definition) is 1. The molecule has 68 valence electrons. The molecule has 1 saturated carbocycles. The number of allylic oxidation sites excluding steroid dienone is 2. The van der Waals surface area contributed by atoms with E-state index >= 15 is 0 Å². The molecule has 0 aromatic heterocycles. The lowest BCUT2D eigenvalue weighted by atomic mass is 10.1. The fraction of sp³-hybridized carbons (Fsp3) is 0.667. The van der Waals surface area contributed by atoms with Crippen LogP contribution in [-0.2, 0) is 4.79 Å². The van der Waals surface area contributed by atoms with Gasteiger partial charge in [0.15, 0.2) is 0 Å². The fourth-order valence-corrected chi connectivity index (χ4v) is 1.84. The molecule has 0 heterocycles. The third-order valence-corrected chi connectivity index (χ3v) is 2.71. The Hall–Kier alpha value is -0.500. The second-order valence-electron chi connectivity index (χ2n) is 3.92. The van der Waals surface area contributed by atoms with Gasteiger partial charge in [0.05, 0.1) is 5.92 Å². The van der Waals surface area contributed by atoms with Gasteiger partial charge in [0.2, 0.25) is 0 Å². The van der Waals surface area contributed by atoms with Gasteiger partial charge in [-0.3, -0.25) is 4.79 Å². The second kappa shape index (κ2) is 2.77. The molecule has 0 saturated heterocycles. The predicted molar refractivity (Wildman–Crippen MR) is 48.0 cm³/mol. The average Bonchev–Trinajstić information content (AvgIpc) is 2.32. The van der Waals surface area contributed by atoms with E-state index in [0.29, 0.717) is 5.03 Å². The Labute approximate surface area is 77.2 Å². The number of aliphatic carboxylic acids is 1. The highest BCUT2D eigenvalue weighted by Crippen LogP contribution is 2.59. The van der Waals surface area contributed by atoms with Crippen LogP contribution in [0, 0.1) is 17.3 Å². The summed E-state index contributed by atoms with van der Waals surface area (Å²) < 4.78 is 0. The van der Waals surface area contributed by atoms with Gasteiger partial charge < -0.3 is 5.11 Å². The zero-order chi connectivity index (χ0) is 9.52. The molecule has 0 aliphatic heterocycles. The summed E-state index contributed by atoms with van der Waals surface area (Å²) in [5.74, 6) is -0.877. The second-order valence-corrected chi connectivity index (χ2v) is 4.51. The zero-order valence-electron chi connectivity index (χ0n) is 7.47. The molecule has 1 rings (SSSR count). The number of halogens is 1. The van der Waals surface area contributed by atoms with Crippen LogP contribution in [-0.4, -0.2) is 11.1 Å². The van der Waals surface area contributed by atoms with E-state index in [1.165, 1.54) is 0 Å². The maximum Gasteiger partial charge on any atom is 0.307 e. The quantitative estimate of drug-likeness (QED) is 0.723. The van der Waals surface area contributed by atoms with Crippen LogP contribution < -0.4 is 0 Å². The molecular formula is C9H13ClO2. The van der Waals surface area contributed by atoms with Crippen LogP contribution in [0.3, 0.4) is 0 Å². The van der Waals surface area contributed by atoms with E-state index in [1.54, 1.807) is 6.92 Å². The first kappa shape index (κ1) is 9.59. The summed E-state index contributed by atoms with van der Waals surface area (Å²) in [6.07, 6.45) is 1.83. The minimum atomic E-state index is -0.723. The van der Waals surface area contributed by atoms with Gasteiger partial charge in [0.25, 0.3) is 0 Å². The third kappa shape index (κ3) is 1.48. The van der Waals surface area contributed by atoms with E-state index in [0.717, 1.165) is 0 Å². The van der Waals surface area contributed by atoms with E-state index in [1.807, 2.05) is 19.9 Å². The molecule has 0 unspecified atom stereocenters. The van der Waals surface area contributed by atoms with Crippen LogP contribution in [0.15, 0.2) is 11.1 Å². The van der Waals surface area contributed by atoms with Gasteiger partial charge in [-0.15, -0.1) is 0 Å². The Balaban J connectivity index is 2.73. The van der Waals surface area contributed by atoms with E-state index in [4.69, 9.17) is 16.7 Å². The summed E-state index contributed by atoms with van der Waals surface area (Å²) in [6.45, 7) is 5.68. The first-order valence-electron chi connectivity index (χ1n) is 3.94. The lowest BCUT2D eigenvalue weighted by Crippen LogP contribution is -2.02. The summed E-state index contributed by atoms with van der Waals surface area (Å²) in [7, 11) is 0. The van der Waals surface area contributed by atoms with Crippen molar-refractivity contribution in [2.24, 2.45) is 17.3 Å². The van der Waals surface area contributed by atoms with Crippen molar-refractivity contribution in [3.63, 3.8) is 0 Å². The molecule has 0 amide bonds. The highest BCUT2D eigenvalue weighted by Gasteiger charge is 2.60. The van der Waals surface area contributed by atoms with E-state index < -0.39 is 5.97 Å². The summed E-state index contributed by atoms with van der Waals surface area (Å²) in [5.41, 5.74) is -0.123. The first-order valence-corrected chi connectivity index (χ1v) is 4.32. The Bertz CT molecular complexity index is 239. The molecule has 3 heteroatoms. The Morgan fingerprint density at radius 2 is 2.08 bits per heavy atom. The summed E-state index contributed by atoms with van der Waals surface area (Å²) in [4.78, 5) is 10.7. The molecule has 0 bridgehead atoms. The molecule has 1 N–H and O–H groups in total. The minimum Gasteiger partial charge on any atom is -0.481 e. The van der Waals surface area contributed by atoms with Gasteiger partial charge in [-0.2, -0.15) is 0 Å². The van der Waals surface area contributed by atoms with Crippen molar-refractivity contribution >= 4 is 17.6 Å². The maximum atomic E-state index is 10.7. The van der Waals surface area contributed by atoms with Crippen molar-refractivity contribution in [1.82, 2.24) is 0 Å². The number of carboxylic acids is 1. The Morgan fingerprint density at radius 3 is 2.33 bits per heavy atom. The Morgan fingerprint density at radius 1 is 1.58 bits per heavy atom. The first-order chi connectivity index (χ1) is 5.37. The molecule has 12 heavy (non-hydrogen) atoms. The van der Waals surface area contributed by atoms with Crippen molar-refractivity contribution in [1.29, 1.82) is 0 Å². The average molecular weight is 189 g/mol. The van der Waals surface area contributed by atoms with Crippen LogP contribution in [0.1, 0.15) is 20.8 Å². The summed E-state index contributed by atoms with van der Waals surface area (Å²) in [6, 6.07) is 0. The molecule has 1 fully saturated rings. The smallest absolute Gasteiger partial charge is 0.307 e. The van der Waals surface area contributed by atoms with Crippen LogP contribution in [0.2, 0.25) is 0 Å². The normalized spacial score (nSPS) is 33.2. The van der Waals surface area contributed by atoms with Gasteiger partial charge in [-0.1, -0.05) is 31.5 Å². The standard InChI is InChI=1S/C9H13ClO2/c1-5(10)4-6-7(8(11)12)9(6,2)3/h4,6-7H,1-3H3,(H,11,12)/b5-4-/t6-,7-/m1/s1. The maximum absolute atomic E-state index is 10.7. The van der Waals surface area contributed by atoms with Crippen LogP contribution in [0.25, 0.3) is 0 Å². The number of carbonyl (C=O) groups is 1. The molecular weight excluding hydrogens is 176 g/mol. The van der Waals surface area contributed by atoms with Crippen molar-refractivity contribution in [3.05, 3.63) is 11.1 Å². The van der Waals surface area contributed by atoms with Crippen LogP contribution in [0.4, 0.5) is 0 Å². The Kier molecular flexibility index (Phi) is 2.21. The predicted octanol–water partition coefficient (Wildman–Crippen LogP) is 2.49. The largest absolute Gasteiger partial charge is 0.481 e. The minimum absolute atomic E-state index is 0.104. The molecule has 0 spiro atoms. The number of hydrogen-bond donors (Lipinski definition) is 1. The monoisotopic (exact) mass is 188 g/mol.